The second-order valence-corrected chi connectivity index (χ2v) is 6.69. The van der Waals surface area contributed by atoms with E-state index in [1.807, 2.05) is 18.2 Å². The van der Waals surface area contributed by atoms with Crippen LogP contribution in [-0.2, 0) is 6.42 Å². The molecule has 3 heteroatoms. The van der Waals surface area contributed by atoms with E-state index in [-0.39, 0.29) is 11.9 Å². The molecule has 3 nitrogen and oxygen atoms in total. The lowest BCUT2D eigenvalue weighted by atomic mass is 10.0. The van der Waals surface area contributed by atoms with Crippen molar-refractivity contribution in [3.8, 4) is 11.5 Å². The predicted octanol–water partition coefficient (Wildman–Crippen LogP) is 4.77. The molecule has 3 aromatic carbocycles. The molecule has 128 valence electrons. The lowest BCUT2D eigenvalue weighted by Gasteiger charge is -2.37. The molecule has 25 heavy (non-hydrogen) atoms. The number of rotatable bonds is 4. The van der Waals surface area contributed by atoms with Crippen LogP contribution in [0.5, 0.6) is 11.5 Å². The smallest absolute Gasteiger partial charge is 0.151 e. The van der Waals surface area contributed by atoms with Gasteiger partial charge in [0, 0.05) is 18.4 Å². The topological polar surface area (TPSA) is 32.7 Å². The fourth-order valence-corrected chi connectivity index (χ4v) is 3.65. The van der Waals surface area contributed by atoms with Gasteiger partial charge < -0.3 is 14.7 Å². The zero-order chi connectivity index (χ0) is 17.2. The number of anilines is 1. The van der Waals surface area contributed by atoms with Crippen LogP contribution in [0.3, 0.4) is 0 Å². The molecule has 0 bridgehead atoms. The van der Waals surface area contributed by atoms with Gasteiger partial charge in [-0.2, -0.15) is 0 Å². The average molecular weight is 333 g/mol. The standard InChI is InChI=1S/C22H23NO2/c1-2-12-23-15-19(13-16-6-4-3-5-7-16)25-22-20-14-18(24)10-8-17(20)9-11-21(22)23/h3-11,14,19,24H,2,12-13,15H2,1H3. The maximum absolute atomic E-state index is 9.93. The highest BCUT2D eigenvalue weighted by molar-refractivity contribution is 5.95. The fraction of sp³-hybridized carbons (Fsp3) is 0.273. The van der Waals surface area contributed by atoms with Crippen molar-refractivity contribution in [2.45, 2.75) is 25.9 Å². The number of phenolic OH excluding ortho intramolecular Hbond substituents is 1. The number of nitrogens with zero attached hydrogens (tertiary/aromatic N) is 1. The van der Waals surface area contributed by atoms with Gasteiger partial charge in [-0.15, -0.1) is 0 Å². The van der Waals surface area contributed by atoms with Crippen molar-refractivity contribution in [3.63, 3.8) is 0 Å². The van der Waals surface area contributed by atoms with Crippen LogP contribution in [0.2, 0.25) is 0 Å². The lowest BCUT2D eigenvalue weighted by molar-refractivity contribution is 0.196. The first-order valence-electron chi connectivity index (χ1n) is 8.96. The van der Waals surface area contributed by atoms with E-state index >= 15 is 0 Å². The largest absolute Gasteiger partial charge is 0.508 e. The highest BCUT2D eigenvalue weighted by Gasteiger charge is 2.27. The number of benzene rings is 3. The predicted molar refractivity (Wildman–Crippen MR) is 103 cm³/mol. The van der Waals surface area contributed by atoms with Gasteiger partial charge in [0.1, 0.15) is 11.9 Å². The number of ether oxygens (including phenoxy) is 1. The van der Waals surface area contributed by atoms with Crippen LogP contribution in [0.1, 0.15) is 18.9 Å². The maximum Gasteiger partial charge on any atom is 0.151 e. The number of hydrogen-bond acceptors (Lipinski definition) is 3. The molecule has 1 aliphatic rings. The van der Waals surface area contributed by atoms with Crippen molar-refractivity contribution in [1.29, 1.82) is 0 Å². The van der Waals surface area contributed by atoms with E-state index < -0.39 is 0 Å². The van der Waals surface area contributed by atoms with Crippen LogP contribution in [0.15, 0.2) is 60.7 Å². The van der Waals surface area contributed by atoms with Crippen LogP contribution in [0.4, 0.5) is 5.69 Å². The number of aromatic hydroxyl groups is 1. The SMILES string of the molecule is CCCN1CC(Cc2ccccc2)Oc2c1ccc1ccc(O)cc21. The Morgan fingerprint density at radius 3 is 2.68 bits per heavy atom. The van der Waals surface area contributed by atoms with E-state index in [0.29, 0.717) is 0 Å². The highest BCUT2D eigenvalue weighted by Crippen LogP contribution is 2.41. The van der Waals surface area contributed by atoms with Crippen LogP contribution < -0.4 is 9.64 Å². The molecule has 4 rings (SSSR count). The Morgan fingerprint density at radius 1 is 1.08 bits per heavy atom. The third kappa shape index (κ3) is 3.14. The van der Waals surface area contributed by atoms with Crippen molar-refractivity contribution in [1.82, 2.24) is 0 Å². The van der Waals surface area contributed by atoms with E-state index in [4.69, 9.17) is 4.74 Å². The molecule has 0 radical (unpaired) electrons. The van der Waals surface area contributed by atoms with Gasteiger partial charge >= 0.3 is 0 Å². The Balaban J connectivity index is 1.74. The zero-order valence-electron chi connectivity index (χ0n) is 14.5. The van der Waals surface area contributed by atoms with Crippen molar-refractivity contribution in [2.24, 2.45) is 0 Å². The van der Waals surface area contributed by atoms with E-state index in [2.05, 4.69) is 48.2 Å². The summed E-state index contributed by atoms with van der Waals surface area (Å²) in [5.74, 6) is 1.17. The summed E-state index contributed by atoms with van der Waals surface area (Å²) in [5.41, 5.74) is 2.42. The molecule has 0 saturated heterocycles. The molecule has 1 unspecified atom stereocenters. The second kappa shape index (κ2) is 6.67. The summed E-state index contributed by atoms with van der Waals surface area (Å²) in [4.78, 5) is 2.41. The number of hydrogen-bond donors (Lipinski definition) is 1. The molecule has 0 spiro atoms. The Morgan fingerprint density at radius 2 is 1.88 bits per heavy atom. The van der Waals surface area contributed by atoms with Crippen LogP contribution in [0, 0.1) is 0 Å². The van der Waals surface area contributed by atoms with Crippen LogP contribution >= 0.6 is 0 Å². The average Bonchev–Trinajstić information content (AvgIpc) is 2.63. The summed E-state index contributed by atoms with van der Waals surface area (Å²) in [6.45, 7) is 4.10. The minimum absolute atomic E-state index is 0.106. The molecule has 1 atom stereocenters. The van der Waals surface area contributed by atoms with Gasteiger partial charge in [0.25, 0.3) is 0 Å². The third-order valence-electron chi connectivity index (χ3n) is 4.78. The van der Waals surface area contributed by atoms with Crippen LogP contribution in [-0.4, -0.2) is 24.3 Å². The molecule has 1 N–H and O–H groups in total. The minimum Gasteiger partial charge on any atom is -0.508 e. The van der Waals surface area contributed by atoms with Crippen molar-refractivity contribution < 1.29 is 9.84 Å². The molecule has 1 aliphatic heterocycles. The van der Waals surface area contributed by atoms with Gasteiger partial charge in [0.05, 0.1) is 12.2 Å². The molecule has 0 amide bonds. The summed E-state index contributed by atoms with van der Waals surface area (Å²) in [7, 11) is 0. The first kappa shape index (κ1) is 15.8. The molecule has 0 aliphatic carbocycles. The maximum atomic E-state index is 9.93. The lowest BCUT2D eigenvalue weighted by Crippen LogP contribution is -2.41. The van der Waals surface area contributed by atoms with Gasteiger partial charge in [-0.05, 0) is 35.6 Å². The van der Waals surface area contributed by atoms with Crippen molar-refractivity contribution in [2.75, 3.05) is 18.0 Å². The molecule has 3 aromatic rings. The van der Waals surface area contributed by atoms with Crippen LogP contribution in [0.25, 0.3) is 10.8 Å². The molecule has 0 aromatic heterocycles. The molecule has 0 saturated carbocycles. The van der Waals surface area contributed by atoms with Gasteiger partial charge in [0.15, 0.2) is 5.75 Å². The van der Waals surface area contributed by atoms with E-state index in [0.717, 1.165) is 48.1 Å². The van der Waals surface area contributed by atoms with E-state index in [1.54, 1.807) is 6.07 Å². The monoisotopic (exact) mass is 333 g/mol. The van der Waals surface area contributed by atoms with E-state index in [1.165, 1.54) is 5.56 Å². The van der Waals surface area contributed by atoms with Crippen molar-refractivity contribution >= 4 is 16.5 Å². The summed E-state index contributed by atoms with van der Waals surface area (Å²) in [6.07, 6.45) is 2.08. The molecular weight excluding hydrogens is 310 g/mol. The van der Waals surface area contributed by atoms with Gasteiger partial charge in [-0.3, -0.25) is 0 Å². The molecule has 0 fully saturated rings. The normalized spacial score (nSPS) is 16.5. The molecular formula is C22H23NO2. The minimum atomic E-state index is 0.106. The van der Waals surface area contributed by atoms with Crippen molar-refractivity contribution in [3.05, 3.63) is 66.2 Å². The quantitative estimate of drug-likeness (QED) is 0.747. The van der Waals surface area contributed by atoms with Gasteiger partial charge in [-0.25, -0.2) is 0 Å². The fourth-order valence-electron chi connectivity index (χ4n) is 3.65. The first-order chi connectivity index (χ1) is 12.2. The Kier molecular flexibility index (Phi) is 4.22. The Labute approximate surface area is 148 Å². The Hall–Kier alpha value is -2.68. The molecule has 1 heterocycles. The zero-order valence-corrected chi connectivity index (χ0v) is 14.5. The summed E-state index contributed by atoms with van der Waals surface area (Å²) < 4.78 is 6.43. The first-order valence-corrected chi connectivity index (χ1v) is 8.96. The summed E-state index contributed by atoms with van der Waals surface area (Å²) in [6, 6.07) is 20.2. The third-order valence-corrected chi connectivity index (χ3v) is 4.78. The van der Waals surface area contributed by atoms with Gasteiger partial charge in [-0.1, -0.05) is 49.4 Å². The Bertz CT molecular complexity index is 876. The highest BCUT2D eigenvalue weighted by atomic mass is 16.5. The summed E-state index contributed by atoms with van der Waals surface area (Å²) >= 11 is 0. The number of phenols is 1. The number of fused-ring (bicyclic) bond motifs is 3. The van der Waals surface area contributed by atoms with E-state index in [9.17, 15) is 5.11 Å². The summed E-state index contributed by atoms with van der Waals surface area (Å²) in [5, 5.41) is 12.0. The second-order valence-electron chi connectivity index (χ2n) is 6.69. The van der Waals surface area contributed by atoms with Gasteiger partial charge in [0.2, 0.25) is 0 Å².